The Balaban J connectivity index is 2.26. The number of fused-ring (bicyclic) bond motifs is 3. The maximum atomic E-state index is 13.9. The summed E-state index contributed by atoms with van der Waals surface area (Å²) < 4.78 is 15.2. The third-order valence-electron chi connectivity index (χ3n) is 9.74. The van der Waals surface area contributed by atoms with Crippen LogP contribution in [0.25, 0.3) is 0 Å². The van der Waals surface area contributed by atoms with E-state index in [0.29, 0.717) is 12.0 Å². The van der Waals surface area contributed by atoms with Gasteiger partial charge in [0.1, 0.15) is 11.9 Å². The van der Waals surface area contributed by atoms with E-state index in [-0.39, 0.29) is 18.6 Å². The number of ether oxygens (including phenoxy) is 3. The fourth-order valence-electron chi connectivity index (χ4n) is 7.77. The quantitative estimate of drug-likeness (QED) is 0.347. The molecule has 9 heteroatoms. The van der Waals surface area contributed by atoms with Crippen LogP contribution in [0.4, 0.5) is 0 Å². The fourth-order valence-corrected chi connectivity index (χ4v) is 7.77. The van der Waals surface area contributed by atoms with Crippen molar-refractivity contribution in [3.05, 3.63) is 12.2 Å². The van der Waals surface area contributed by atoms with Crippen LogP contribution in [-0.4, -0.2) is 61.0 Å². The Labute approximate surface area is 211 Å². The van der Waals surface area contributed by atoms with Crippen molar-refractivity contribution in [1.82, 2.24) is 0 Å². The molecular formula is C27H38O9. The Hall–Kier alpha value is -2.55. The molecule has 0 aromatic rings. The molecule has 3 rings (SSSR count). The number of hydrogen-bond acceptors (Lipinski definition) is 9. The van der Waals surface area contributed by atoms with Gasteiger partial charge in [-0.25, -0.2) is 4.79 Å². The molecule has 3 saturated carbocycles. The Morgan fingerprint density at radius 2 is 1.64 bits per heavy atom. The van der Waals surface area contributed by atoms with Crippen molar-refractivity contribution in [2.75, 3.05) is 14.2 Å². The highest BCUT2D eigenvalue weighted by Gasteiger charge is 2.75. The van der Waals surface area contributed by atoms with Gasteiger partial charge in [0.05, 0.1) is 25.6 Å². The van der Waals surface area contributed by atoms with Crippen molar-refractivity contribution in [1.29, 1.82) is 0 Å². The number of rotatable bonds is 4. The molecule has 0 aromatic heterocycles. The molecular weight excluding hydrogens is 468 g/mol. The molecule has 1 N–H and O–H groups in total. The first kappa shape index (κ1) is 28.0. The van der Waals surface area contributed by atoms with E-state index in [1.165, 1.54) is 21.0 Å². The van der Waals surface area contributed by atoms with Crippen LogP contribution in [0.2, 0.25) is 0 Å². The number of methoxy groups -OCH3 is 2. The third kappa shape index (κ3) is 3.49. The molecule has 0 unspecified atom stereocenters. The summed E-state index contributed by atoms with van der Waals surface area (Å²) in [5.74, 6) is -5.74. The molecule has 36 heavy (non-hydrogen) atoms. The van der Waals surface area contributed by atoms with Crippen molar-refractivity contribution in [3.8, 4) is 0 Å². The average Bonchev–Trinajstić information content (AvgIpc) is 2.81. The Morgan fingerprint density at radius 1 is 1.06 bits per heavy atom. The Morgan fingerprint density at radius 3 is 2.17 bits per heavy atom. The molecule has 0 amide bonds. The van der Waals surface area contributed by atoms with Gasteiger partial charge in [0.25, 0.3) is 0 Å². The smallest absolute Gasteiger partial charge is 0.346 e. The van der Waals surface area contributed by atoms with Crippen LogP contribution in [0.15, 0.2) is 12.2 Å². The second-order valence-corrected chi connectivity index (χ2v) is 11.8. The molecule has 0 saturated heterocycles. The summed E-state index contributed by atoms with van der Waals surface area (Å²) in [6.07, 6.45) is -2.08. The van der Waals surface area contributed by atoms with E-state index in [9.17, 15) is 29.1 Å². The van der Waals surface area contributed by atoms with E-state index in [2.05, 4.69) is 11.3 Å². The number of carbonyl (C=O) groups is 5. The zero-order valence-corrected chi connectivity index (χ0v) is 22.4. The van der Waals surface area contributed by atoms with Crippen LogP contribution >= 0.6 is 0 Å². The van der Waals surface area contributed by atoms with Crippen molar-refractivity contribution in [2.24, 2.45) is 39.4 Å². The van der Waals surface area contributed by atoms with Gasteiger partial charge in [-0.2, -0.15) is 0 Å². The minimum Gasteiger partial charge on any atom is -0.468 e. The first-order valence-electron chi connectivity index (χ1n) is 12.3. The molecule has 0 radical (unpaired) electrons. The molecule has 3 fully saturated rings. The number of ketones is 2. The first-order valence-corrected chi connectivity index (χ1v) is 12.3. The van der Waals surface area contributed by atoms with E-state index >= 15 is 0 Å². The van der Waals surface area contributed by atoms with E-state index in [1.807, 2.05) is 6.92 Å². The molecule has 0 heterocycles. The number of Topliss-reactive ketones (excluding diaryl/α,β-unsaturated/α-hetero) is 2. The zero-order valence-electron chi connectivity index (χ0n) is 22.4. The van der Waals surface area contributed by atoms with E-state index in [4.69, 9.17) is 9.47 Å². The molecule has 200 valence electrons. The van der Waals surface area contributed by atoms with E-state index in [1.54, 1.807) is 20.8 Å². The highest BCUT2D eigenvalue weighted by Crippen LogP contribution is 2.70. The fraction of sp³-hybridized carbons (Fsp3) is 0.741. The molecule has 0 aliphatic heterocycles. The minimum absolute atomic E-state index is 0.0500. The second-order valence-electron chi connectivity index (χ2n) is 11.8. The van der Waals surface area contributed by atoms with Gasteiger partial charge < -0.3 is 19.3 Å². The number of carbonyl (C=O) groups excluding carboxylic acids is 5. The van der Waals surface area contributed by atoms with Crippen LogP contribution < -0.4 is 0 Å². The van der Waals surface area contributed by atoms with Crippen LogP contribution in [0.3, 0.4) is 0 Å². The first-order chi connectivity index (χ1) is 16.5. The average molecular weight is 507 g/mol. The molecule has 3 aliphatic rings. The number of aliphatic hydroxyl groups is 1. The van der Waals surface area contributed by atoms with Crippen LogP contribution in [0.1, 0.15) is 60.8 Å². The monoisotopic (exact) mass is 506 g/mol. The predicted octanol–water partition coefficient (Wildman–Crippen LogP) is 2.42. The highest BCUT2D eigenvalue weighted by molar-refractivity contribution is 5.98. The maximum absolute atomic E-state index is 13.9. The van der Waals surface area contributed by atoms with Gasteiger partial charge in [0.2, 0.25) is 0 Å². The number of esters is 3. The topological polar surface area (TPSA) is 133 Å². The lowest BCUT2D eigenvalue weighted by Gasteiger charge is -2.67. The predicted molar refractivity (Wildman–Crippen MR) is 127 cm³/mol. The lowest BCUT2D eigenvalue weighted by atomic mass is 9.35. The Kier molecular flexibility index (Phi) is 6.84. The van der Waals surface area contributed by atoms with Crippen LogP contribution in [0, 0.1) is 39.4 Å². The van der Waals surface area contributed by atoms with Gasteiger partial charge in [0.15, 0.2) is 11.9 Å². The SMILES string of the molecule is C=C1C[C@H]2[C@]3(C)CCC(=O)C(C)(C)[C@H]3C(=O)[C@@H](O)[C@]2(C)[C@@H](C(=O)O[C@H](C)C(=O)OC)[C@]1(C)C(=O)OC. The van der Waals surface area contributed by atoms with Gasteiger partial charge in [-0.05, 0) is 38.0 Å². The zero-order chi connectivity index (χ0) is 27.6. The van der Waals surface area contributed by atoms with Crippen molar-refractivity contribution < 1.29 is 43.3 Å². The number of aliphatic hydroxyl groups excluding tert-OH is 1. The lowest BCUT2D eigenvalue weighted by Crippen LogP contribution is -2.72. The summed E-state index contributed by atoms with van der Waals surface area (Å²) in [5, 5.41) is 11.6. The van der Waals surface area contributed by atoms with Crippen molar-refractivity contribution in [2.45, 2.75) is 73.0 Å². The highest BCUT2D eigenvalue weighted by atomic mass is 16.6. The molecule has 0 spiro atoms. The Bertz CT molecular complexity index is 1030. The van der Waals surface area contributed by atoms with Gasteiger partial charge >= 0.3 is 17.9 Å². The summed E-state index contributed by atoms with van der Waals surface area (Å²) in [5.41, 5.74) is -4.49. The van der Waals surface area contributed by atoms with Crippen molar-refractivity contribution in [3.63, 3.8) is 0 Å². The lowest BCUT2D eigenvalue weighted by molar-refractivity contribution is -0.225. The maximum Gasteiger partial charge on any atom is 0.346 e. The summed E-state index contributed by atoms with van der Waals surface area (Å²) in [7, 11) is 2.34. The largest absolute Gasteiger partial charge is 0.468 e. The van der Waals surface area contributed by atoms with Gasteiger partial charge in [-0.3, -0.25) is 19.2 Å². The van der Waals surface area contributed by atoms with Crippen molar-refractivity contribution >= 4 is 29.5 Å². The summed E-state index contributed by atoms with van der Waals surface area (Å²) >= 11 is 0. The molecule has 3 aliphatic carbocycles. The molecule has 9 nitrogen and oxygen atoms in total. The van der Waals surface area contributed by atoms with Gasteiger partial charge in [0, 0.05) is 23.2 Å². The van der Waals surface area contributed by atoms with Crippen LogP contribution in [0.5, 0.6) is 0 Å². The summed E-state index contributed by atoms with van der Waals surface area (Å²) in [4.78, 5) is 65.8. The molecule has 0 bridgehead atoms. The summed E-state index contributed by atoms with van der Waals surface area (Å²) in [6, 6.07) is 0. The van der Waals surface area contributed by atoms with E-state index in [0.717, 1.165) is 7.11 Å². The third-order valence-corrected chi connectivity index (χ3v) is 9.74. The van der Waals surface area contributed by atoms with E-state index < -0.39 is 75.3 Å². The van der Waals surface area contributed by atoms with Gasteiger partial charge in [-0.1, -0.05) is 39.8 Å². The van der Waals surface area contributed by atoms with Crippen LogP contribution in [-0.2, 0) is 38.2 Å². The van der Waals surface area contributed by atoms with Gasteiger partial charge in [-0.15, -0.1) is 0 Å². The molecule has 0 aromatic carbocycles. The standard InChI is InChI=1S/C27H38O9/c1-13-12-15-25(5)11-10-16(28)24(3,4)18(25)17(29)20(30)27(15,7)19(26(13,6)23(33)35-9)22(32)36-14(2)21(31)34-8/h14-15,18-20,30H,1,10-12H2,2-9H3/t14-,15+,18-,19+,20-,25+,26-,27+/m1/s1. The normalized spacial score (nSPS) is 40.4. The minimum atomic E-state index is -1.67. The second kappa shape index (κ2) is 8.78. The number of hydrogen-bond donors (Lipinski definition) is 1. The summed E-state index contributed by atoms with van der Waals surface area (Å²) in [6.45, 7) is 14.0. The molecule has 8 atom stereocenters.